The molecule has 6 nitrogen and oxygen atoms in total. The van der Waals surface area contributed by atoms with Gasteiger partial charge in [0.2, 0.25) is 0 Å². The third kappa shape index (κ3) is 90.2. The molecular weight excluding hydrogens is 636 g/mol. The molecule has 0 bridgehead atoms. The molecule has 0 amide bonds. The second kappa shape index (κ2) is 97.6. The molecule has 0 rings (SSSR count). The molecule has 0 spiro atoms. The zero-order chi connectivity index (χ0) is 31.9. The van der Waals surface area contributed by atoms with Crippen LogP contribution in [-0.4, -0.2) is 37.0 Å². The first kappa shape index (κ1) is 67.8. The van der Waals surface area contributed by atoms with Crippen LogP contribution in [0.1, 0.15) is 119 Å². The number of unbranched alkanes of at least 4 members (excludes halogenated alkanes) is 6. The first-order valence-corrected chi connectivity index (χ1v) is 17.2. The maximum atomic E-state index is 7.50. The molecule has 40 heavy (non-hydrogen) atoms. The van der Waals surface area contributed by atoms with Crippen molar-refractivity contribution in [1.29, 1.82) is 0 Å². The van der Waals surface area contributed by atoms with Gasteiger partial charge in [0.25, 0.3) is 0 Å². The fourth-order valence-electron chi connectivity index (χ4n) is 2.96. The summed E-state index contributed by atoms with van der Waals surface area (Å²) >= 11 is 0. The molecule has 0 N–H and O–H groups in total. The van der Waals surface area contributed by atoms with Crippen molar-refractivity contribution in [3.63, 3.8) is 0 Å². The van der Waals surface area contributed by atoms with Gasteiger partial charge in [-0.05, 0) is 75.5 Å². The van der Waals surface area contributed by atoms with Gasteiger partial charge in [0.05, 0.1) is 0 Å². The topological polar surface area (TPSA) is 119 Å². The van der Waals surface area contributed by atoms with E-state index in [-0.39, 0.29) is 33.6 Å². The van der Waals surface area contributed by atoms with Crippen molar-refractivity contribution in [3.8, 4) is 0 Å². The van der Waals surface area contributed by atoms with Crippen LogP contribution in [0.5, 0.6) is 0 Å². The van der Waals surface area contributed by atoms with E-state index in [1.54, 1.807) is 37.0 Å². The van der Waals surface area contributed by atoms with Gasteiger partial charge in [-0.1, -0.05) is 80.1 Å². The van der Waals surface area contributed by atoms with Crippen molar-refractivity contribution in [2.75, 3.05) is 37.0 Å². The second-order valence-corrected chi connectivity index (χ2v) is 13.2. The van der Waals surface area contributed by atoms with Gasteiger partial charge in [0.1, 0.15) is 0 Å². The molecule has 0 atom stereocenters. The minimum Gasteiger partial charge on any atom is 0 e. The van der Waals surface area contributed by atoms with Crippen molar-refractivity contribution in [3.05, 3.63) is 39.9 Å². The summed E-state index contributed by atoms with van der Waals surface area (Å²) in [5.74, 6) is 0. The van der Waals surface area contributed by atoms with E-state index in [4.69, 9.17) is 27.9 Å². The first-order chi connectivity index (χ1) is 18.7. The number of rotatable bonds is 18. The second-order valence-electron chi connectivity index (χ2n) is 7.80. The van der Waals surface area contributed by atoms with Crippen LogP contribution in [0, 0.1) is 39.9 Å². The van der Waals surface area contributed by atoms with Crippen molar-refractivity contribution in [2.45, 2.75) is 119 Å². The van der Waals surface area contributed by atoms with E-state index in [1.807, 2.05) is 0 Å². The van der Waals surface area contributed by atoms with Crippen molar-refractivity contribution >= 4 is 15.8 Å². The summed E-state index contributed by atoms with van der Waals surface area (Å²) < 4.78 is 45.0. The predicted molar refractivity (Wildman–Crippen MR) is 156 cm³/mol. The Hall–Kier alpha value is 0.313. The van der Waals surface area contributed by atoms with E-state index in [0.29, 0.717) is 15.8 Å². The van der Waals surface area contributed by atoms with Gasteiger partial charge >= 0.3 is 67.8 Å². The number of hydrogen-bond donors (Lipinski definition) is 0. The Morgan fingerprint density at radius 1 is 0.300 bits per heavy atom. The molecule has 0 saturated heterocycles. The van der Waals surface area contributed by atoms with Gasteiger partial charge < -0.3 is 0 Å². The van der Waals surface area contributed by atoms with Crippen LogP contribution in [0.25, 0.3) is 0 Å². The van der Waals surface area contributed by atoms with E-state index in [1.165, 1.54) is 77.0 Å². The van der Waals surface area contributed by atoms with Crippen molar-refractivity contribution in [2.24, 2.45) is 0 Å². The van der Waals surface area contributed by atoms with E-state index in [2.05, 4.69) is 81.4 Å². The Bertz CT molecular complexity index is 362. The summed E-state index contributed by atoms with van der Waals surface area (Å²) in [6, 6.07) is 0. The molecule has 0 aromatic rings. The standard InChI is InChI=1S/2C12H27P.6CO.2Co/c2*1-4-7-10-13(11-8-5-2)12-9-6-3;6*1-2;;/h2*4-12H2,1-3H3;;;;;;;;. The van der Waals surface area contributed by atoms with E-state index in [0.717, 1.165) is 0 Å². The molecule has 0 heterocycles. The molecule has 0 fully saturated rings. The van der Waals surface area contributed by atoms with Gasteiger partial charge in [0, 0.05) is 33.6 Å². The molecule has 0 saturated carbocycles. The van der Waals surface area contributed by atoms with E-state index >= 15 is 0 Å². The average molecular weight is 691 g/mol. The zero-order valence-electron chi connectivity index (χ0n) is 25.7. The molecule has 0 aromatic carbocycles. The monoisotopic (exact) mass is 690 g/mol. The normalized spacial score (nSPS) is 7.50. The van der Waals surface area contributed by atoms with Crippen molar-refractivity contribution in [1.82, 2.24) is 0 Å². The van der Waals surface area contributed by atoms with Crippen LogP contribution >= 0.6 is 15.8 Å². The van der Waals surface area contributed by atoms with Crippen LogP contribution in [0.15, 0.2) is 0 Å². The molecule has 0 aliphatic carbocycles. The quantitative estimate of drug-likeness (QED) is 0.0774. The third-order valence-electron chi connectivity index (χ3n) is 4.97. The summed E-state index contributed by atoms with van der Waals surface area (Å²) in [4.78, 5) is 0. The molecule has 238 valence electrons. The van der Waals surface area contributed by atoms with Crippen LogP contribution in [-0.2, 0) is 61.5 Å². The minimum atomic E-state index is 0. The first-order valence-electron chi connectivity index (χ1n) is 13.4. The molecule has 2 radical (unpaired) electrons. The van der Waals surface area contributed by atoms with Gasteiger partial charge in [-0.2, -0.15) is 0 Å². The SMILES string of the molecule is CCCCP(CCCC)CCCC.CCCCP(CCCC)CCCC.[C-]#[O+].[C-]#[O+].[C-]#[O+].[C-]#[O+].[C-]#[O+].[C-]#[O+].[Co].[Co]. The zero-order valence-corrected chi connectivity index (χ0v) is 29.6. The summed E-state index contributed by atoms with van der Waals surface area (Å²) in [5.41, 5.74) is 0. The fraction of sp³-hybridized carbons (Fsp3) is 0.800. The van der Waals surface area contributed by atoms with Crippen LogP contribution in [0.4, 0.5) is 0 Å². The molecule has 0 aromatic heterocycles. The van der Waals surface area contributed by atoms with Crippen LogP contribution in [0.2, 0.25) is 0 Å². The maximum absolute atomic E-state index is 7.50. The minimum absolute atomic E-state index is 0. The smallest absolute Gasteiger partial charge is 0 e. The maximum Gasteiger partial charge on any atom is 0 e. The van der Waals surface area contributed by atoms with Crippen molar-refractivity contribution < 1.29 is 61.5 Å². The molecule has 0 aliphatic heterocycles. The molecule has 10 heteroatoms. The largest absolute Gasteiger partial charge is 0 e. The average Bonchev–Trinajstić information content (AvgIpc) is 3.02. The van der Waals surface area contributed by atoms with E-state index < -0.39 is 0 Å². The summed E-state index contributed by atoms with van der Waals surface area (Å²) in [5, 5.41) is 0. The van der Waals surface area contributed by atoms with Crippen LogP contribution < -0.4 is 0 Å². The summed E-state index contributed by atoms with van der Waals surface area (Å²) in [6.07, 6.45) is 26.4. The third-order valence-corrected chi connectivity index (χ3v) is 10.7. The van der Waals surface area contributed by atoms with E-state index in [9.17, 15) is 0 Å². The summed E-state index contributed by atoms with van der Waals surface area (Å²) in [6.45, 7) is 40.9. The summed E-state index contributed by atoms with van der Waals surface area (Å²) in [7, 11) is 0.843. The Morgan fingerprint density at radius 3 is 0.475 bits per heavy atom. The number of hydrogen-bond acceptors (Lipinski definition) is 0. The van der Waals surface area contributed by atoms with Gasteiger partial charge in [-0.15, -0.1) is 15.8 Å². The fourth-order valence-corrected chi connectivity index (χ4v) is 8.88. The Kier molecular flexibility index (Phi) is 165. The van der Waals surface area contributed by atoms with Gasteiger partial charge in [-0.3, -0.25) is 0 Å². The molecule has 0 aliphatic rings. The van der Waals surface area contributed by atoms with Crippen LogP contribution in [0.3, 0.4) is 0 Å². The Morgan fingerprint density at radius 2 is 0.400 bits per heavy atom. The predicted octanol–water partition coefficient (Wildman–Crippen LogP) is 9.51. The molecule has 0 unspecified atom stereocenters. The molecular formula is C30H54Co2O6P2. The van der Waals surface area contributed by atoms with Gasteiger partial charge in [-0.25, -0.2) is 0 Å². The Balaban J connectivity index is -0.0000000393. The Labute approximate surface area is 271 Å². The van der Waals surface area contributed by atoms with Gasteiger partial charge in [0.15, 0.2) is 0 Å².